The average molecular weight is 328 g/mol. The number of hydrogen-bond donors (Lipinski definition) is 0. The Morgan fingerprint density at radius 2 is 1.87 bits per heavy atom. The van der Waals surface area contributed by atoms with Gasteiger partial charge in [-0.3, -0.25) is 4.79 Å². The van der Waals surface area contributed by atoms with Crippen LogP contribution in [0.25, 0.3) is 0 Å². The van der Waals surface area contributed by atoms with Crippen molar-refractivity contribution >= 4 is 17.7 Å². The van der Waals surface area contributed by atoms with E-state index in [0.29, 0.717) is 5.75 Å². The summed E-state index contributed by atoms with van der Waals surface area (Å²) in [7, 11) is 0. The van der Waals surface area contributed by atoms with Gasteiger partial charge in [0.25, 0.3) is 0 Å². The van der Waals surface area contributed by atoms with Gasteiger partial charge in [-0.15, -0.1) is 11.8 Å². The molecule has 1 amide bonds. The normalized spacial score (nSPS) is 17.9. The fourth-order valence-corrected chi connectivity index (χ4v) is 3.72. The molecule has 0 N–H and O–H groups in total. The number of aromatic nitrogens is 1. The van der Waals surface area contributed by atoms with Crippen LogP contribution in [0.3, 0.4) is 0 Å². The van der Waals surface area contributed by atoms with E-state index in [2.05, 4.69) is 55.8 Å². The summed E-state index contributed by atoms with van der Waals surface area (Å²) in [6, 6.07) is 14.6. The topological polar surface area (TPSA) is 25.2 Å². The lowest BCUT2D eigenvalue weighted by atomic mass is 10.00. The first-order valence-corrected chi connectivity index (χ1v) is 9.08. The highest BCUT2D eigenvalue weighted by molar-refractivity contribution is 8.01. The van der Waals surface area contributed by atoms with E-state index in [-0.39, 0.29) is 16.7 Å². The van der Waals surface area contributed by atoms with E-state index in [9.17, 15) is 4.79 Å². The number of nitrogens with zero attached hydrogens (tertiary/aromatic N) is 2. The number of carbonyl (C=O) groups excluding carboxylic acids is 1. The van der Waals surface area contributed by atoms with Gasteiger partial charge in [0.2, 0.25) is 5.91 Å². The Labute approximate surface area is 142 Å². The highest BCUT2D eigenvalue weighted by atomic mass is 32.2. The first kappa shape index (κ1) is 16.2. The molecule has 1 aromatic heterocycles. The summed E-state index contributed by atoms with van der Waals surface area (Å²) in [5.41, 5.74) is 2.39. The minimum absolute atomic E-state index is 0.0213. The van der Waals surface area contributed by atoms with Crippen molar-refractivity contribution in [2.24, 2.45) is 0 Å². The van der Waals surface area contributed by atoms with Crippen molar-refractivity contribution in [2.45, 2.75) is 38.1 Å². The molecule has 1 aliphatic heterocycles. The Hall–Kier alpha value is -1.68. The van der Waals surface area contributed by atoms with E-state index in [4.69, 9.17) is 0 Å². The van der Waals surface area contributed by atoms with Crippen LogP contribution in [0.1, 0.15) is 38.1 Å². The quantitative estimate of drug-likeness (QED) is 0.852. The lowest BCUT2D eigenvalue weighted by Crippen LogP contribution is -2.43. The van der Waals surface area contributed by atoms with Crippen LogP contribution >= 0.6 is 11.8 Å². The lowest BCUT2D eigenvalue weighted by molar-refractivity contribution is -0.131. The maximum atomic E-state index is 12.9. The van der Waals surface area contributed by atoms with E-state index in [1.54, 1.807) is 11.8 Å². The van der Waals surface area contributed by atoms with Gasteiger partial charge in [-0.25, -0.2) is 0 Å². The summed E-state index contributed by atoms with van der Waals surface area (Å²) in [6.45, 7) is 8.10. The maximum Gasteiger partial charge on any atom is 0.233 e. The monoisotopic (exact) mass is 328 g/mol. The number of amides is 1. The van der Waals surface area contributed by atoms with Gasteiger partial charge in [0, 0.05) is 29.7 Å². The molecular weight excluding hydrogens is 304 g/mol. The highest BCUT2D eigenvalue weighted by Gasteiger charge is 2.32. The molecule has 2 aromatic rings. The van der Waals surface area contributed by atoms with Gasteiger partial charge in [0.05, 0.1) is 11.8 Å². The fourth-order valence-electron chi connectivity index (χ4n) is 3.00. The Morgan fingerprint density at radius 3 is 2.57 bits per heavy atom. The Kier molecular flexibility index (Phi) is 4.53. The van der Waals surface area contributed by atoms with Crippen LogP contribution in [-0.2, 0) is 11.3 Å². The first-order valence-electron chi connectivity index (χ1n) is 8.09. The van der Waals surface area contributed by atoms with Crippen LogP contribution in [0.4, 0.5) is 0 Å². The number of benzene rings is 1. The molecule has 4 heteroatoms. The third kappa shape index (κ3) is 3.63. The van der Waals surface area contributed by atoms with Crippen LogP contribution in [0.2, 0.25) is 0 Å². The molecule has 3 nitrogen and oxygen atoms in total. The summed E-state index contributed by atoms with van der Waals surface area (Å²) < 4.78 is 2.37. The van der Waals surface area contributed by atoms with Crippen molar-refractivity contribution in [3.63, 3.8) is 0 Å². The van der Waals surface area contributed by atoms with Crippen molar-refractivity contribution in [1.29, 1.82) is 0 Å². The molecule has 1 atom stereocenters. The number of fused-ring (bicyclic) bond motifs is 1. The van der Waals surface area contributed by atoms with Crippen LogP contribution in [-0.4, -0.2) is 32.4 Å². The van der Waals surface area contributed by atoms with Gasteiger partial charge >= 0.3 is 0 Å². The lowest BCUT2D eigenvalue weighted by Gasteiger charge is -2.37. The molecule has 1 unspecified atom stereocenters. The van der Waals surface area contributed by atoms with Gasteiger partial charge in [-0.1, -0.05) is 51.1 Å². The molecule has 0 radical (unpaired) electrons. The second-order valence-electron chi connectivity index (χ2n) is 6.93. The molecule has 1 aromatic carbocycles. The number of thioether (sulfide) groups is 1. The molecular formula is C19H24N2OS. The van der Waals surface area contributed by atoms with Gasteiger partial charge in [-0.2, -0.15) is 0 Å². The van der Waals surface area contributed by atoms with Gasteiger partial charge in [0.1, 0.15) is 0 Å². The smallest absolute Gasteiger partial charge is 0.233 e. The molecule has 0 saturated carbocycles. The molecule has 122 valence electrons. The summed E-state index contributed by atoms with van der Waals surface area (Å²) in [4.78, 5) is 14.9. The van der Waals surface area contributed by atoms with Crippen LogP contribution in [0.15, 0.2) is 48.7 Å². The minimum Gasteiger partial charge on any atom is -0.348 e. The van der Waals surface area contributed by atoms with E-state index in [1.807, 2.05) is 23.1 Å². The molecule has 0 fully saturated rings. The predicted octanol–water partition coefficient (Wildman–Crippen LogP) is 3.95. The number of carbonyl (C=O) groups is 1. The van der Waals surface area contributed by atoms with Crippen molar-refractivity contribution in [3.8, 4) is 0 Å². The third-order valence-corrected chi connectivity index (χ3v) is 5.36. The standard InChI is InChI=1S/C19H24N2OS/c1-19(2,3)23-14-17(22)21-13-12-20-11-7-10-16(20)18(21)15-8-5-4-6-9-15/h4-11,18H,12-14H2,1-3H3. The predicted molar refractivity (Wildman–Crippen MR) is 96.6 cm³/mol. The Balaban J connectivity index is 1.88. The van der Waals surface area contributed by atoms with E-state index in [1.165, 1.54) is 11.3 Å². The third-order valence-electron chi connectivity index (χ3n) is 4.10. The molecule has 0 spiro atoms. The Morgan fingerprint density at radius 1 is 1.13 bits per heavy atom. The number of hydrogen-bond acceptors (Lipinski definition) is 2. The number of rotatable bonds is 3. The van der Waals surface area contributed by atoms with Crippen molar-refractivity contribution in [3.05, 3.63) is 59.9 Å². The molecule has 23 heavy (non-hydrogen) atoms. The summed E-state index contributed by atoms with van der Waals surface area (Å²) in [5, 5.41) is 0. The average Bonchev–Trinajstić information content (AvgIpc) is 3.00. The van der Waals surface area contributed by atoms with Crippen LogP contribution < -0.4 is 0 Å². The second-order valence-corrected chi connectivity index (χ2v) is 8.73. The summed E-state index contributed by atoms with van der Waals surface area (Å²) in [6.07, 6.45) is 2.11. The first-order chi connectivity index (χ1) is 11.0. The molecule has 2 heterocycles. The Bertz CT molecular complexity index is 672. The summed E-state index contributed by atoms with van der Waals surface area (Å²) in [5.74, 6) is 0.763. The van der Waals surface area contributed by atoms with E-state index >= 15 is 0 Å². The second kappa shape index (κ2) is 6.44. The molecule has 0 bridgehead atoms. The maximum absolute atomic E-state index is 12.9. The van der Waals surface area contributed by atoms with Crippen LogP contribution in [0, 0.1) is 0 Å². The zero-order valence-corrected chi connectivity index (χ0v) is 14.8. The minimum atomic E-state index is 0.0213. The van der Waals surface area contributed by atoms with E-state index in [0.717, 1.165) is 13.1 Å². The zero-order chi connectivity index (χ0) is 16.4. The molecule has 0 saturated heterocycles. The molecule has 1 aliphatic rings. The molecule has 3 rings (SSSR count). The SMILES string of the molecule is CC(C)(C)SCC(=O)N1CCn2cccc2C1c1ccccc1. The summed E-state index contributed by atoms with van der Waals surface area (Å²) >= 11 is 1.72. The van der Waals surface area contributed by atoms with Gasteiger partial charge in [-0.05, 0) is 17.7 Å². The molecule has 0 aliphatic carbocycles. The zero-order valence-electron chi connectivity index (χ0n) is 14.0. The fraction of sp³-hybridized carbons (Fsp3) is 0.421. The van der Waals surface area contributed by atoms with Gasteiger partial charge < -0.3 is 9.47 Å². The highest BCUT2D eigenvalue weighted by Crippen LogP contribution is 2.33. The van der Waals surface area contributed by atoms with Crippen LogP contribution in [0.5, 0.6) is 0 Å². The van der Waals surface area contributed by atoms with Crippen molar-refractivity contribution in [1.82, 2.24) is 9.47 Å². The van der Waals surface area contributed by atoms with Crippen molar-refractivity contribution in [2.75, 3.05) is 12.3 Å². The van der Waals surface area contributed by atoms with Crippen molar-refractivity contribution < 1.29 is 4.79 Å². The van der Waals surface area contributed by atoms with Gasteiger partial charge in [0.15, 0.2) is 0 Å². The largest absolute Gasteiger partial charge is 0.348 e. The van der Waals surface area contributed by atoms with E-state index < -0.39 is 0 Å².